The van der Waals surface area contributed by atoms with Crippen molar-refractivity contribution in [3.63, 3.8) is 0 Å². The normalized spacial score (nSPS) is 9.55. The van der Waals surface area contributed by atoms with Crippen molar-refractivity contribution in [1.82, 2.24) is 5.32 Å². The number of benzene rings is 1. The third kappa shape index (κ3) is 4.97. The highest BCUT2D eigenvalue weighted by Crippen LogP contribution is 2.36. The van der Waals surface area contributed by atoms with Gasteiger partial charge in [-0.25, -0.2) is 4.79 Å². The molecule has 1 aromatic carbocycles. The van der Waals surface area contributed by atoms with E-state index in [1.807, 2.05) is 6.92 Å². The molecule has 0 radical (unpaired) electrons. The van der Waals surface area contributed by atoms with Crippen molar-refractivity contribution in [3.8, 4) is 23.8 Å². The molecule has 0 heterocycles. The molecule has 0 aliphatic rings. The fraction of sp³-hybridized carbons (Fsp3) is 0.333. The Morgan fingerprint density at radius 1 is 1.41 bits per heavy atom. The van der Waals surface area contributed by atoms with Gasteiger partial charge in [-0.15, -0.1) is 6.42 Å². The van der Waals surface area contributed by atoms with E-state index in [4.69, 9.17) is 20.6 Å². The maximum absolute atomic E-state index is 12.0. The molecule has 0 spiro atoms. The van der Waals surface area contributed by atoms with Gasteiger partial charge in [0.15, 0.2) is 18.1 Å². The fourth-order valence-electron chi connectivity index (χ4n) is 1.54. The summed E-state index contributed by atoms with van der Waals surface area (Å²) in [6.45, 7) is 1.96. The molecule has 0 atom stereocenters. The van der Waals surface area contributed by atoms with E-state index in [1.54, 1.807) is 0 Å². The van der Waals surface area contributed by atoms with Gasteiger partial charge in [0.25, 0.3) is 5.91 Å². The number of carbonyl (C=O) groups excluding carboxylic acids is 2. The molecule has 0 aromatic heterocycles. The molecule has 22 heavy (non-hydrogen) atoms. The van der Waals surface area contributed by atoms with E-state index in [-0.39, 0.29) is 12.1 Å². The zero-order valence-corrected chi connectivity index (χ0v) is 13.9. The molecule has 1 aromatic rings. The first-order chi connectivity index (χ1) is 10.5. The molecular weight excluding hydrogens is 354 g/mol. The predicted octanol–water partition coefficient (Wildman–Crippen LogP) is 1.76. The smallest absolute Gasteiger partial charge is 0.338 e. The zero-order valence-electron chi connectivity index (χ0n) is 12.3. The van der Waals surface area contributed by atoms with Crippen molar-refractivity contribution in [2.75, 3.05) is 26.9 Å². The minimum absolute atomic E-state index is 0.0822. The lowest BCUT2D eigenvalue weighted by Crippen LogP contribution is -2.29. The van der Waals surface area contributed by atoms with Crippen molar-refractivity contribution in [2.45, 2.75) is 6.92 Å². The first-order valence-electron chi connectivity index (χ1n) is 6.41. The Morgan fingerprint density at radius 2 is 2.14 bits per heavy atom. The van der Waals surface area contributed by atoms with Crippen molar-refractivity contribution in [3.05, 3.63) is 22.2 Å². The van der Waals surface area contributed by atoms with Crippen LogP contribution in [0.5, 0.6) is 11.5 Å². The van der Waals surface area contributed by atoms with Crippen molar-refractivity contribution < 1.29 is 23.8 Å². The van der Waals surface area contributed by atoms with Crippen LogP contribution in [0.1, 0.15) is 17.3 Å². The summed E-state index contributed by atoms with van der Waals surface area (Å²) in [5.41, 5.74) is 0.233. The van der Waals surface area contributed by atoms with Crippen LogP contribution in [0.3, 0.4) is 0 Å². The number of carbonyl (C=O) groups is 2. The molecule has 0 bridgehead atoms. The maximum atomic E-state index is 12.0. The second kappa shape index (κ2) is 8.95. The SMILES string of the molecule is C#CCNC(=O)COC(=O)c1cc(Br)c(OCC)c(OC)c1. The Bertz CT molecular complexity index is 594. The van der Waals surface area contributed by atoms with Crippen molar-refractivity contribution >= 4 is 27.8 Å². The van der Waals surface area contributed by atoms with Crippen LogP contribution in [-0.2, 0) is 9.53 Å². The largest absolute Gasteiger partial charge is 0.493 e. The number of hydrogen-bond acceptors (Lipinski definition) is 5. The standard InChI is InChI=1S/C15H16BrNO5/c1-4-6-17-13(18)9-22-15(19)10-7-11(16)14(21-5-2)12(8-10)20-3/h1,7-8H,5-6,9H2,2-3H3,(H,17,18). The minimum Gasteiger partial charge on any atom is -0.493 e. The second-order valence-corrected chi connectivity index (χ2v) is 4.83. The Hall–Kier alpha value is -2.20. The third-order valence-corrected chi connectivity index (χ3v) is 3.06. The highest BCUT2D eigenvalue weighted by molar-refractivity contribution is 9.10. The second-order valence-electron chi connectivity index (χ2n) is 3.98. The topological polar surface area (TPSA) is 73.9 Å². The summed E-state index contributed by atoms with van der Waals surface area (Å²) in [4.78, 5) is 23.3. The lowest BCUT2D eigenvalue weighted by atomic mass is 10.2. The average molecular weight is 370 g/mol. The summed E-state index contributed by atoms with van der Waals surface area (Å²) in [5, 5.41) is 2.39. The summed E-state index contributed by atoms with van der Waals surface area (Å²) in [5.74, 6) is 2.01. The van der Waals surface area contributed by atoms with Crippen LogP contribution in [0.2, 0.25) is 0 Å². The van der Waals surface area contributed by atoms with Gasteiger partial charge < -0.3 is 19.5 Å². The van der Waals surface area contributed by atoms with Crippen LogP contribution in [0.4, 0.5) is 0 Å². The molecule has 0 unspecified atom stereocenters. The van der Waals surface area contributed by atoms with Gasteiger partial charge >= 0.3 is 5.97 Å². The number of hydrogen-bond donors (Lipinski definition) is 1. The highest BCUT2D eigenvalue weighted by atomic mass is 79.9. The van der Waals surface area contributed by atoms with E-state index >= 15 is 0 Å². The van der Waals surface area contributed by atoms with Gasteiger partial charge in [0.1, 0.15) is 0 Å². The third-order valence-electron chi connectivity index (χ3n) is 2.48. The predicted molar refractivity (Wildman–Crippen MR) is 84.0 cm³/mol. The van der Waals surface area contributed by atoms with Crippen LogP contribution < -0.4 is 14.8 Å². The van der Waals surface area contributed by atoms with E-state index in [0.29, 0.717) is 22.6 Å². The molecule has 0 saturated heterocycles. The van der Waals surface area contributed by atoms with Gasteiger partial charge in [-0.1, -0.05) is 5.92 Å². The summed E-state index contributed by atoms with van der Waals surface area (Å²) < 4.78 is 16.1. The van der Waals surface area contributed by atoms with Crippen LogP contribution in [0.15, 0.2) is 16.6 Å². The van der Waals surface area contributed by atoms with E-state index in [1.165, 1.54) is 19.2 Å². The molecule has 0 fully saturated rings. The van der Waals surface area contributed by atoms with Gasteiger partial charge in [-0.2, -0.15) is 0 Å². The van der Waals surface area contributed by atoms with Gasteiger partial charge in [0.05, 0.1) is 30.3 Å². The fourth-order valence-corrected chi connectivity index (χ4v) is 2.09. The van der Waals surface area contributed by atoms with Crippen molar-refractivity contribution in [1.29, 1.82) is 0 Å². The molecule has 0 saturated carbocycles. The zero-order chi connectivity index (χ0) is 16.5. The number of nitrogens with one attached hydrogen (secondary N) is 1. The number of ether oxygens (including phenoxy) is 3. The molecule has 0 aliphatic heterocycles. The summed E-state index contributed by atoms with van der Waals surface area (Å²) in [6, 6.07) is 3.02. The Kier molecular flexibility index (Phi) is 7.26. The summed E-state index contributed by atoms with van der Waals surface area (Å²) in [6.07, 6.45) is 5.01. The molecule has 6 nitrogen and oxygen atoms in total. The van der Waals surface area contributed by atoms with E-state index in [9.17, 15) is 9.59 Å². The first-order valence-corrected chi connectivity index (χ1v) is 7.20. The Balaban J connectivity index is 2.80. The van der Waals surface area contributed by atoms with E-state index in [2.05, 4.69) is 27.2 Å². The molecule has 1 rings (SSSR count). The number of halogens is 1. The monoisotopic (exact) mass is 369 g/mol. The molecule has 7 heteroatoms. The number of rotatable bonds is 7. The van der Waals surface area contributed by atoms with Crippen LogP contribution in [-0.4, -0.2) is 38.7 Å². The van der Waals surface area contributed by atoms with Crippen LogP contribution >= 0.6 is 15.9 Å². The van der Waals surface area contributed by atoms with Gasteiger partial charge in [-0.05, 0) is 35.0 Å². The Labute approximate surface area is 137 Å². The highest BCUT2D eigenvalue weighted by Gasteiger charge is 2.17. The average Bonchev–Trinajstić information content (AvgIpc) is 2.52. The van der Waals surface area contributed by atoms with Crippen LogP contribution in [0, 0.1) is 12.3 Å². The van der Waals surface area contributed by atoms with Gasteiger partial charge in [0, 0.05) is 0 Å². The molecular formula is C15H16BrNO5. The molecule has 1 amide bonds. The van der Waals surface area contributed by atoms with Crippen LogP contribution in [0.25, 0.3) is 0 Å². The Morgan fingerprint density at radius 3 is 2.73 bits per heavy atom. The number of esters is 1. The minimum atomic E-state index is -0.655. The summed E-state index contributed by atoms with van der Waals surface area (Å²) in [7, 11) is 1.46. The molecule has 118 valence electrons. The lowest BCUT2D eigenvalue weighted by Gasteiger charge is -2.13. The number of terminal acetylenes is 1. The summed E-state index contributed by atoms with van der Waals surface area (Å²) >= 11 is 3.31. The van der Waals surface area contributed by atoms with Gasteiger partial charge in [-0.3, -0.25) is 4.79 Å². The van der Waals surface area contributed by atoms with Gasteiger partial charge in [0.2, 0.25) is 0 Å². The molecule has 1 N–H and O–H groups in total. The maximum Gasteiger partial charge on any atom is 0.338 e. The van der Waals surface area contributed by atoms with E-state index in [0.717, 1.165) is 0 Å². The number of methoxy groups -OCH3 is 1. The molecule has 0 aliphatic carbocycles. The van der Waals surface area contributed by atoms with Crippen molar-refractivity contribution in [2.24, 2.45) is 0 Å². The van der Waals surface area contributed by atoms with E-state index < -0.39 is 18.5 Å². The first kappa shape index (κ1) is 17.9. The quantitative estimate of drug-likeness (QED) is 0.585. The number of amides is 1. The lowest BCUT2D eigenvalue weighted by molar-refractivity contribution is -0.123.